The molecule has 0 saturated heterocycles. The highest BCUT2D eigenvalue weighted by Crippen LogP contribution is 2.21. The number of rotatable bonds is 7. The predicted octanol–water partition coefficient (Wildman–Crippen LogP) is 3.01. The van der Waals surface area contributed by atoms with E-state index in [1.54, 1.807) is 0 Å². The van der Waals surface area contributed by atoms with Crippen molar-refractivity contribution in [2.24, 2.45) is 5.41 Å². The Morgan fingerprint density at radius 2 is 1.83 bits per heavy atom. The monoisotopic (exact) mass is 249 g/mol. The highest BCUT2D eigenvalue weighted by atomic mass is 16.3. The molecule has 2 nitrogen and oxygen atoms in total. The average molecular weight is 249 g/mol. The molecule has 1 aromatic rings. The zero-order valence-electron chi connectivity index (χ0n) is 11.9. The summed E-state index contributed by atoms with van der Waals surface area (Å²) in [6.45, 7) is 7.93. The van der Waals surface area contributed by atoms with Gasteiger partial charge in [0.25, 0.3) is 0 Å². The summed E-state index contributed by atoms with van der Waals surface area (Å²) >= 11 is 0. The van der Waals surface area contributed by atoms with Gasteiger partial charge in [0.1, 0.15) is 0 Å². The maximum absolute atomic E-state index is 9.09. The Kier molecular flexibility index (Phi) is 6.37. The zero-order chi connectivity index (χ0) is 13.4. The summed E-state index contributed by atoms with van der Waals surface area (Å²) in [5.41, 5.74) is 1.60. The van der Waals surface area contributed by atoms with Crippen molar-refractivity contribution in [3.8, 4) is 0 Å². The third-order valence-electron chi connectivity index (χ3n) is 3.34. The van der Waals surface area contributed by atoms with Crippen LogP contribution in [-0.2, 0) is 6.42 Å². The minimum absolute atomic E-state index is 0.204. The second-order valence-corrected chi connectivity index (χ2v) is 5.97. The highest BCUT2D eigenvalue weighted by Gasteiger charge is 2.22. The lowest BCUT2D eigenvalue weighted by Gasteiger charge is -2.31. The van der Waals surface area contributed by atoms with Crippen molar-refractivity contribution >= 4 is 0 Å². The molecular weight excluding hydrogens is 222 g/mol. The van der Waals surface area contributed by atoms with Gasteiger partial charge in [0.15, 0.2) is 0 Å². The molecule has 0 aliphatic carbocycles. The smallest absolute Gasteiger partial charge is 0.0446 e. The van der Waals surface area contributed by atoms with Crippen molar-refractivity contribution in [2.45, 2.75) is 46.1 Å². The second-order valence-electron chi connectivity index (χ2n) is 5.97. The molecule has 0 fully saturated rings. The van der Waals surface area contributed by atoms with Crippen LogP contribution in [0.2, 0.25) is 0 Å². The fourth-order valence-electron chi connectivity index (χ4n) is 2.18. The summed E-state index contributed by atoms with van der Waals surface area (Å²) < 4.78 is 0. The number of benzene rings is 1. The van der Waals surface area contributed by atoms with E-state index in [1.807, 2.05) is 0 Å². The van der Waals surface area contributed by atoms with Crippen molar-refractivity contribution < 1.29 is 5.11 Å². The highest BCUT2D eigenvalue weighted by molar-refractivity contribution is 5.14. The molecule has 1 atom stereocenters. The fraction of sp³-hybridized carbons (Fsp3) is 0.625. The van der Waals surface area contributed by atoms with Gasteiger partial charge in [-0.05, 0) is 36.8 Å². The van der Waals surface area contributed by atoms with E-state index in [2.05, 4.69) is 56.4 Å². The lowest BCUT2D eigenvalue weighted by atomic mass is 9.85. The van der Waals surface area contributed by atoms with Gasteiger partial charge in [-0.1, -0.05) is 51.1 Å². The SMILES string of the molecule is CC(C)(C)C(CCO)NCCCc1ccccc1. The molecule has 18 heavy (non-hydrogen) atoms. The van der Waals surface area contributed by atoms with Crippen LogP contribution in [0.25, 0.3) is 0 Å². The zero-order valence-corrected chi connectivity index (χ0v) is 11.9. The molecule has 0 aromatic heterocycles. The molecule has 0 spiro atoms. The maximum atomic E-state index is 9.09. The quantitative estimate of drug-likeness (QED) is 0.728. The number of aliphatic hydroxyl groups excluding tert-OH is 1. The van der Waals surface area contributed by atoms with Crippen LogP contribution in [0.3, 0.4) is 0 Å². The molecule has 0 aliphatic heterocycles. The molecule has 0 amide bonds. The van der Waals surface area contributed by atoms with Crippen LogP contribution in [0.1, 0.15) is 39.2 Å². The van der Waals surface area contributed by atoms with E-state index in [0.717, 1.165) is 25.8 Å². The largest absolute Gasteiger partial charge is 0.396 e. The van der Waals surface area contributed by atoms with Gasteiger partial charge in [0.05, 0.1) is 0 Å². The number of hydrogen-bond acceptors (Lipinski definition) is 2. The van der Waals surface area contributed by atoms with Crippen LogP contribution in [0, 0.1) is 5.41 Å². The molecule has 0 heterocycles. The molecule has 1 rings (SSSR count). The van der Waals surface area contributed by atoms with Crippen LogP contribution in [-0.4, -0.2) is 24.3 Å². The molecular formula is C16H27NO. The van der Waals surface area contributed by atoms with E-state index in [0.29, 0.717) is 6.04 Å². The second kappa shape index (κ2) is 7.55. The van der Waals surface area contributed by atoms with Gasteiger partial charge in [-0.25, -0.2) is 0 Å². The van der Waals surface area contributed by atoms with Gasteiger partial charge in [0, 0.05) is 12.6 Å². The van der Waals surface area contributed by atoms with E-state index in [4.69, 9.17) is 5.11 Å². The van der Waals surface area contributed by atoms with Gasteiger partial charge in [-0.3, -0.25) is 0 Å². The third kappa shape index (κ3) is 5.65. The first-order valence-electron chi connectivity index (χ1n) is 6.92. The Hall–Kier alpha value is -0.860. The summed E-state index contributed by atoms with van der Waals surface area (Å²) in [5.74, 6) is 0. The van der Waals surface area contributed by atoms with E-state index >= 15 is 0 Å². The molecule has 0 radical (unpaired) electrons. The summed E-state index contributed by atoms with van der Waals surface area (Å²) in [5, 5.41) is 12.7. The Balaban J connectivity index is 2.27. The van der Waals surface area contributed by atoms with Crippen LogP contribution >= 0.6 is 0 Å². The maximum Gasteiger partial charge on any atom is 0.0446 e. The molecule has 2 N–H and O–H groups in total. The molecule has 0 saturated carbocycles. The van der Waals surface area contributed by atoms with Gasteiger partial charge < -0.3 is 10.4 Å². The van der Waals surface area contributed by atoms with E-state index < -0.39 is 0 Å². The average Bonchev–Trinajstić information content (AvgIpc) is 2.33. The Labute approximate surface area is 111 Å². The summed E-state index contributed by atoms with van der Waals surface area (Å²) in [7, 11) is 0. The molecule has 1 aromatic carbocycles. The van der Waals surface area contributed by atoms with E-state index in [9.17, 15) is 0 Å². The normalized spacial score (nSPS) is 13.6. The van der Waals surface area contributed by atoms with Crippen LogP contribution in [0.4, 0.5) is 0 Å². The standard InChI is InChI=1S/C16H27NO/c1-16(2,3)15(11-13-18)17-12-7-10-14-8-5-4-6-9-14/h4-6,8-9,15,17-18H,7,10-13H2,1-3H3. The first-order valence-corrected chi connectivity index (χ1v) is 6.92. The minimum atomic E-state index is 0.204. The van der Waals surface area contributed by atoms with Crippen molar-refractivity contribution in [3.63, 3.8) is 0 Å². The molecule has 1 unspecified atom stereocenters. The molecule has 0 bridgehead atoms. The number of aryl methyl sites for hydroxylation is 1. The van der Waals surface area contributed by atoms with Crippen molar-refractivity contribution in [1.29, 1.82) is 0 Å². The summed E-state index contributed by atoms with van der Waals surface area (Å²) in [6, 6.07) is 11.0. The van der Waals surface area contributed by atoms with Gasteiger partial charge in [-0.2, -0.15) is 0 Å². The molecule has 2 heteroatoms. The third-order valence-corrected chi connectivity index (χ3v) is 3.34. The van der Waals surface area contributed by atoms with Crippen LogP contribution in [0.15, 0.2) is 30.3 Å². The van der Waals surface area contributed by atoms with Crippen molar-refractivity contribution in [1.82, 2.24) is 5.32 Å². The fourth-order valence-corrected chi connectivity index (χ4v) is 2.18. The van der Waals surface area contributed by atoms with Gasteiger partial charge in [-0.15, -0.1) is 0 Å². The molecule has 102 valence electrons. The van der Waals surface area contributed by atoms with E-state index in [-0.39, 0.29) is 12.0 Å². The Morgan fingerprint density at radius 1 is 1.17 bits per heavy atom. The van der Waals surface area contributed by atoms with Gasteiger partial charge in [0.2, 0.25) is 0 Å². The van der Waals surface area contributed by atoms with Crippen molar-refractivity contribution in [3.05, 3.63) is 35.9 Å². The first-order chi connectivity index (χ1) is 8.54. The van der Waals surface area contributed by atoms with E-state index in [1.165, 1.54) is 5.56 Å². The topological polar surface area (TPSA) is 32.3 Å². The lowest BCUT2D eigenvalue weighted by Crippen LogP contribution is -2.41. The number of aliphatic hydroxyl groups is 1. The lowest BCUT2D eigenvalue weighted by molar-refractivity contribution is 0.197. The predicted molar refractivity (Wildman–Crippen MR) is 77.7 cm³/mol. The van der Waals surface area contributed by atoms with Crippen LogP contribution < -0.4 is 5.32 Å². The number of nitrogens with one attached hydrogen (secondary N) is 1. The Bertz CT molecular complexity index is 316. The van der Waals surface area contributed by atoms with Gasteiger partial charge >= 0.3 is 0 Å². The molecule has 0 aliphatic rings. The Morgan fingerprint density at radius 3 is 2.39 bits per heavy atom. The summed E-state index contributed by atoms with van der Waals surface area (Å²) in [6.07, 6.45) is 3.08. The van der Waals surface area contributed by atoms with Crippen molar-refractivity contribution in [2.75, 3.05) is 13.2 Å². The first kappa shape index (κ1) is 15.2. The van der Waals surface area contributed by atoms with Crippen LogP contribution in [0.5, 0.6) is 0 Å². The number of hydrogen-bond donors (Lipinski definition) is 2. The summed E-state index contributed by atoms with van der Waals surface area (Å²) in [4.78, 5) is 0. The minimum Gasteiger partial charge on any atom is -0.396 e.